The summed E-state index contributed by atoms with van der Waals surface area (Å²) in [6.07, 6.45) is 2.60. The number of aromatic hydroxyl groups is 2. The second kappa shape index (κ2) is 27.9. The maximum absolute atomic E-state index is 13.9. The second-order valence-electron chi connectivity index (χ2n) is 24.6. The van der Waals surface area contributed by atoms with Crippen LogP contribution in [0.15, 0.2) is 275 Å². The summed E-state index contributed by atoms with van der Waals surface area (Å²) in [4.78, 5) is 29.1. The number of aromatic nitrogens is 2. The third-order valence-corrected chi connectivity index (χ3v) is 18.0. The number of fused-ring (bicyclic) bond motifs is 10. The Kier molecular flexibility index (Phi) is 17.9. The molecule has 15 aromatic rings. The smallest absolute Gasteiger partial charge is 0.259 e. The minimum atomic E-state index is -0.439. The van der Waals surface area contributed by atoms with Gasteiger partial charge in [-0.2, -0.15) is 10.2 Å². The highest BCUT2D eigenvalue weighted by molar-refractivity contribution is 6.23. The molecule has 15 rings (SSSR count). The topological polar surface area (TPSA) is 187 Å². The van der Waals surface area contributed by atoms with Gasteiger partial charge in [-0.3, -0.25) is 15.1 Å². The molecule has 0 atom stereocenters. The molecule has 0 bridgehead atoms. The molecule has 13 aromatic carbocycles. The normalized spacial score (nSPS) is 11.6. The number of phenolic OH excluding ortho intramolecular Hbond substituents is 2. The van der Waals surface area contributed by atoms with Crippen LogP contribution in [0.5, 0.6) is 11.5 Å². The number of hydrogen-bond donors (Lipinski definition) is 7. The number of carbonyl (C=O) groups is 1. The molecule has 0 aliphatic carbocycles. The third kappa shape index (κ3) is 13.2. The van der Waals surface area contributed by atoms with E-state index in [1.165, 1.54) is 16.7 Å². The number of amides is 1. The molecule has 0 radical (unpaired) electrons. The summed E-state index contributed by atoms with van der Waals surface area (Å²) in [6, 6.07) is 85.3. The molecule has 98 heavy (non-hydrogen) atoms. The van der Waals surface area contributed by atoms with Crippen molar-refractivity contribution in [1.82, 2.24) is 9.97 Å². The van der Waals surface area contributed by atoms with Gasteiger partial charge >= 0.3 is 0 Å². The van der Waals surface area contributed by atoms with Crippen LogP contribution in [0.1, 0.15) is 56.2 Å². The lowest BCUT2D eigenvalue weighted by Crippen LogP contribution is -2.12. The van der Waals surface area contributed by atoms with Gasteiger partial charge in [0.25, 0.3) is 5.91 Å². The van der Waals surface area contributed by atoms with Crippen molar-refractivity contribution in [1.29, 1.82) is 0 Å². The fraction of sp³-hybridized carbons (Fsp3) is 0.107. The van der Waals surface area contributed by atoms with Crippen molar-refractivity contribution >= 4 is 128 Å². The number of rotatable bonds is 18. The number of nitrogens with one attached hydrogen (secondary N) is 5. The van der Waals surface area contributed by atoms with Gasteiger partial charge in [0.15, 0.2) is 5.75 Å². The first-order valence-corrected chi connectivity index (χ1v) is 32.9. The lowest BCUT2D eigenvalue weighted by atomic mass is 10.00. The van der Waals surface area contributed by atoms with Crippen molar-refractivity contribution < 1.29 is 19.8 Å². The van der Waals surface area contributed by atoms with Gasteiger partial charge in [-0.25, -0.2) is 0 Å². The highest BCUT2D eigenvalue weighted by Gasteiger charge is 2.23. The van der Waals surface area contributed by atoms with Crippen molar-refractivity contribution in [3.8, 4) is 11.5 Å². The molecule has 2 aromatic heterocycles. The maximum Gasteiger partial charge on any atom is 0.259 e. The Hall–Kier alpha value is -12.4. The van der Waals surface area contributed by atoms with Crippen LogP contribution in [-0.2, 0) is 30.7 Å². The van der Waals surface area contributed by atoms with E-state index in [1.54, 1.807) is 6.07 Å². The SMILES string of the molecule is CCc1ccccc1NOCc1cc2ccc3c4ccccc4[nH]c3c2c(N=Nc2ccc(NC)cc2)c1O.Cc1ccc(N=Nc2c(O)c(C(=O)Nc3ccc(CCc4ccc(N(c5ccc(C)cc5)c5ccc(C)cc5)cc4)cc3)cc3ccc4c5ccccc5[nH]c4c23)cc1. The van der Waals surface area contributed by atoms with Crippen molar-refractivity contribution in [3.63, 3.8) is 0 Å². The number of aromatic amines is 2. The van der Waals surface area contributed by atoms with Gasteiger partial charge in [0.1, 0.15) is 23.7 Å². The highest BCUT2D eigenvalue weighted by atomic mass is 16.6. The lowest BCUT2D eigenvalue weighted by Gasteiger charge is -2.26. The van der Waals surface area contributed by atoms with E-state index in [0.717, 1.165) is 124 Å². The molecular formula is C84H72N10O4. The predicted molar refractivity (Wildman–Crippen MR) is 402 cm³/mol. The number of azo groups is 2. The number of para-hydroxylation sites is 3. The number of phenols is 2. The first-order valence-electron chi connectivity index (χ1n) is 32.9. The second-order valence-corrected chi connectivity index (χ2v) is 24.6. The molecule has 0 saturated carbocycles. The molecule has 7 N–H and O–H groups in total. The van der Waals surface area contributed by atoms with Crippen molar-refractivity contribution in [2.24, 2.45) is 20.5 Å². The Labute approximate surface area is 567 Å². The Morgan fingerprint density at radius 1 is 0.469 bits per heavy atom. The maximum atomic E-state index is 13.9. The summed E-state index contributed by atoms with van der Waals surface area (Å²) in [5.41, 5.74) is 22.4. The minimum absolute atomic E-state index is 0.0369. The molecule has 0 aliphatic heterocycles. The van der Waals surface area contributed by atoms with E-state index < -0.39 is 5.91 Å². The van der Waals surface area contributed by atoms with Crippen LogP contribution in [0.4, 0.5) is 56.9 Å². The fourth-order valence-electron chi connectivity index (χ4n) is 12.6. The average Bonchev–Trinajstić information content (AvgIpc) is 1.56. The number of H-pyrrole nitrogens is 2. The first-order chi connectivity index (χ1) is 47.9. The third-order valence-electron chi connectivity index (χ3n) is 18.0. The summed E-state index contributed by atoms with van der Waals surface area (Å²) in [5, 5.41) is 54.9. The molecule has 14 nitrogen and oxygen atoms in total. The van der Waals surface area contributed by atoms with Crippen LogP contribution in [-0.4, -0.2) is 33.1 Å². The zero-order chi connectivity index (χ0) is 67.2. The number of benzene rings is 13. The van der Waals surface area contributed by atoms with E-state index in [0.29, 0.717) is 33.7 Å². The number of anilines is 6. The van der Waals surface area contributed by atoms with Gasteiger partial charge in [-0.05, 0) is 183 Å². The van der Waals surface area contributed by atoms with Crippen molar-refractivity contribution in [3.05, 3.63) is 299 Å². The molecule has 2 heterocycles. The number of aryl methyl sites for hydroxylation is 6. The standard InChI is InChI=1S/C52H43N5O2.C32H29N5O2/c1-33-8-21-40(22-9-33)55-56-50-48-38(20-31-45-44-6-4-5-7-47(44)54-49(45)48)32-46(51(50)58)52(59)53-39-23-16-36(17-24-39)14-15-37-18-29-43(30-19-37)57(41-25-10-34(2)11-26-41)42-27-12-35(3)13-28-42;1-3-20-8-4-6-10-27(20)37-39-19-22-18-21-12-17-26-25-9-5-7-11-28(25)34-30(26)29(21)31(32(22)38)36-35-24-15-13-23(33-2)14-16-24/h4-13,16-32,54,58H,14-15H2,1-3H3,(H,53,59);4-18,33-34,37-38H,3,19H2,1-2H3. The van der Waals surface area contributed by atoms with Crippen LogP contribution >= 0.6 is 0 Å². The molecule has 0 spiro atoms. The Balaban J connectivity index is 0.000000182. The van der Waals surface area contributed by atoms with Crippen molar-refractivity contribution in [2.45, 2.75) is 53.6 Å². The van der Waals surface area contributed by atoms with Gasteiger partial charge in [0, 0.05) is 84.4 Å². The van der Waals surface area contributed by atoms with Gasteiger partial charge in [0.05, 0.1) is 33.7 Å². The zero-order valence-corrected chi connectivity index (χ0v) is 55.0. The van der Waals surface area contributed by atoms with Gasteiger partial charge in [0.2, 0.25) is 0 Å². The number of nitrogens with zero attached hydrogens (tertiary/aromatic N) is 5. The summed E-state index contributed by atoms with van der Waals surface area (Å²) in [6.45, 7) is 8.47. The number of carbonyl (C=O) groups excluding carboxylic acids is 1. The monoisotopic (exact) mass is 1280 g/mol. The molecular weight excluding hydrogens is 1210 g/mol. The van der Waals surface area contributed by atoms with Gasteiger partial charge in [-0.15, -0.1) is 10.2 Å². The Bertz CT molecular complexity index is 5430. The molecule has 0 aliphatic rings. The van der Waals surface area contributed by atoms with E-state index in [-0.39, 0.29) is 29.4 Å². The molecule has 0 unspecified atom stereocenters. The van der Waals surface area contributed by atoms with Crippen LogP contribution in [0.25, 0.3) is 65.2 Å². The summed E-state index contributed by atoms with van der Waals surface area (Å²) < 4.78 is 0. The van der Waals surface area contributed by atoms with E-state index in [1.807, 2.05) is 160 Å². The van der Waals surface area contributed by atoms with Crippen LogP contribution in [0.3, 0.4) is 0 Å². The minimum Gasteiger partial charge on any atom is -0.505 e. The van der Waals surface area contributed by atoms with Gasteiger partial charge < -0.3 is 35.7 Å². The highest BCUT2D eigenvalue weighted by Crippen LogP contribution is 2.47. The summed E-state index contributed by atoms with van der Waals surface area (Å²) >= 11 is 0. The average molecular weight is 1290 g/mol. The summed E-state index contributed by atoms with van der Waals surface area (Å²) in [7, 11) is 1.87. The predicted octanol–water partition coefficient (Wildman–Crippen LogP) is 22.8. The van der Waals surface area contributed by atoms with E-state index in [4.69, 9.17) is 4.84 Å². The van der Waals surface area contributed by atoms with Crippen LogP contribution in [0.2, 0.25) is 0 Å². The van der Waals surface area contributed by atoms with E-state index in [9.17, 15) is 15.0 Å². The summed E-state index contributed by atoms with van der Waals surface area (Å²) in [5.74, 6) is -0.638. The molecule has 14 heteroatoms. The van der Waals surface area contributed by atoms with Crippen LogP contribution < -0.4 is 21.0 Å². The lowest BCUT2D eigenvalue weighted by molar-refractivity contribution is 0.102. The molecule has 0 fully saturated rings. The zero-order valence-electron chi connectivity index (χ0n) is 55.0. The van der Waals surface area contributed by atoms with E-state index in [2.05, 4.69) is 175 Å². The first kappa shape index (κ1) is 63.0. The quantitative estimate of drug-likeness (QED) is 0.0329. The Morgan fingerprint density at radius 2 is 0.929 bits per heavy atom. The molecule has 1 amide bonds. The van der Waals surface area contributed by atoms with E-state index >= 15 is 0 Å². The number of hydrogen-bond acceptors (Lipinski definition) is 11. The van der Waals surface area contributed by atoms with Crippen LogP contribution in [0, 0.1) is 20.8 Å². The van der Waals surface area contributed by atoms with Gasteiger partial charge in [-0.1, -0.05) is 163 Å². The Morgan fingerprint density at radius 3 is 1.47 bits per heavy atom. The van der Waals surface area contributed by atoms with Crippen molar-refractivity contribution in [2.75, 3.05) is 28.1 Å². The largest absolute Gasteiger partial charge is 0.505 e. The molecule has 0 saturated heterocycles. The fourth-order valence-corrected chi connectivity index (χ4v) is 12.6. The molecule has 482 valence electrons.